The Kier molecular flexibility index (Phi) is 16.1. The number of hydrogen-bond donors (Lipinski definition) is 5. The lowest BCUT2D eigenvalue weighted by molar-refractivity contribution is 0.0695. The Morgan fingerprint density at radius 1 is 0.684 bits per heavy atom. The largest absolute Gasteiger partial charge is 0.478 e. The van der Waals surface area contributed by atoms with Crippen molar-refractivity contribution in [2.45, 2.75) is 0 Å². The molecule has 200 valence electrons. The Balaban J connectivity index is 0.000000307. The molecule has 6 N–H and O–H groups in total. The van der Waals surface area contributed by atoms with Crippen LogP contribution in [0.4, 0.5) is 11.4 Å². The molecule has 0 spiro atoms. The number of nitrogens with one attached hydrogen (secondary N) is 3. The number of nitrogen functional groups attached to an aromatic ring is 1. The molecule has 0 bridgehead atoms. The first kappa shape index (κ1) is 33.7. The maximum absolute atomic E-state index is 11.9. The molecule has 0 aliphatic rings. The van der Waals surface area contributed by atoms with E-state index < -0.39 is 5.97 Å². The van der Waals surface area contributed by atoms with Crippen LogP contribution >= 0.6 is 80.8 Å². The van der Waals surface area contributed by atoms with Gasteiger partial charge in [0, 0.05) is 22.9 Å². The highest BCUT2D eigenvalue weighted by Crippen LogP contribution is 2.14. The van der Waals surface area contributed by atoms with Crippen LogP contribution in [0.3, 0.4) is 0 Å². The quantitative estimate of drug-likeness (QED) is 0.0802. The molecule has 0 atom stereocenters. The molecule has 0 unspecified atom stereocenters. The summed E-state index contributed by atoms with van der Waals surface area (Å²) in [4.78, 5) is 22.3. The van der Waals surface area contributed by atoms with Crippen molar-refractivity contribution in [3.8, 4) is 0 Å². The molecule has 12 heteroatoms. The van der Waals surface area contributed by atoms with E-state index in [-0.39, 0.29) is 18.3 Å². The summed E-state index contributed by atoms with van der Waals surface area (Å²) < 4.78 is 1.68. The van der Waals surface area contributed by atoms with E-state index in [1.807, 2.05) is 59.0 Å². The number of carboxylic acid groups (broad SMARTS) is 1. The molecule has 1 amide bonds. The second kappa shape index (κ2) is 18.1. The molecule has 0 aliphatic carbocycles. The number of carboxylic acids is 1. The van der Waals surface area contributed by atoms with Crippen molar-refractivity contribution < 1.29 is 14.7 Å². The van der Waals surface area contributed by atoms with Crippen LogP contribution in [0.2, 0.25) is 10.0 Å². The van der Waals surface area contributed by atoms with Gasteiger partial charge < -0.3 is 10.5 Å². The van der Waals surface area contributed by atoms with Crippen LogP contribution in [-0.2, 0) is 0 Å². The Hall–Kier alpha value is -2.29. The van der Waals surface area contributed by atoms with Gasteiger partial charge in [0.05, 0.1) is 16.8 Å². The first-order valence-electron chi connectivity index (χ1n) is 10.5. The molecule has 0 aromatic heterocycles. The van der Waals surface area contributed by atoms with Crippen molar-refractivity contribution in [1.82, 2.24) is 5.43 Å². The topological polar surface area (TPSA) is 116 Å². The number of carbonyl (C=O) groups excluding carboxylic acids is 1. The average Bonchev–Trinajstić information content (AvgIpc) is 2.90. The predicted molar refractivity (Wildman–Crippen MR) is 174 cm³/mol. The lowest BCUT2D eigenvalue weighted by Gasteiger charge is -2.09. The number of carbonyl (C=O) groups is 2. The second-order valence-electron chi connectivity index (χ2n) is 7.00. The van der Waals surface area contributed by atoms with E-state index in [0.717, 1.165) is 18.5 Å². The number of nitrogens with two attached hydrogens (primary N) is 1. The smallest absolute Gasteiger partial charge is 0.336 e. The summed E-state index contributed by atoms with van der Waals surface area (Å²) in [7, 11) is 0. The zero-order valence-corrected chi connectivity index (χ0v) is 26.1. The van der Waals surface area contributed by atoms with Crippen molar-refractivity contribution in [3.05, 3.63) is 125 Å². The minimum atomic E-state index is -0.870. The molecular weight excluding hydrogens is 776 g/mol. The molecule has 0 heterocycles. The summed E-state index contributed by atoms with van der Waals surface area (Å²) >= 11 is 15.5. The molecule has 4 aromatic rings. The zero-order chi connectivity index (χ0) is 27.2. The second-order valence-corrected chi connectivity index (χ2v) is 10.2. The van der Waals surface area contributed by atoms with Gasteiger partial charge in [0.15, 0.2) is 0 Å². The first-order chi connectivity index (χ1) is 17.7. The van der Waals surface area contributed by atoms with Gasteiger partial charge in [0.1, 0.15) is 0 Å². The van der Waals surface area contributed by atoms with Crippen molar-refractivity contribution in [2.75, 3.05) is 10.9 Å². The van der Waals surface area contributed by atoms with E-state index in [9.17, 15) is 9.59 Å². The zero-order valence-electron chi connectivity index (χ0n) is 19.5. The van der Waals surface area contributed by atoms with Gasteiger partial charge in [-0.3, -0.25) is 21.5 Å². The van der Waals surface area contributed by atoms with E-state index in [0.29, 0.717) is 21.2 Å². The SMILES string of the molecule is Cl.NNc1ccc(Cl)cc1.O=C(NNc1ccc(Cl)cc1)c1ccccc1I.O=C(O)c1ccccc1I. The molecule has 0 fully saturated rings. The molecule has 0 saturated heterocycles. The fourth-order valence-corrected chi connectivity index (χ4v) is 4.06. The number of amides is 1. The van der Waals surface area contributed by atoms with E-state index in [4.69, 9.17) is 34.2 Å². The van der Waals surface area contributed by atoms with Gasteiger partial charge in [-0.1, -0.05) is 47.5 Å². The van der Waals surface area contributed by atoms with Crippen molar-refractivity contribution in [1.29, 1.82) is 0 Å². The lowest BCUT2D eigenvalue weighted by Crippen LogP contribution is -2.29. The number of halogens is 5. The number of aromatic carboxylic acids is 1. The minimum absolute atomic E-state index is 0. The van der Waals surface area contributed by atoms with Crippen molar-refractivity contribution in [3.63, 3.8) is 0 Å². The monoisotopic (exact) mass is 798 g/mol. The predicted octanol–water partition coefficient (Wildman–Crippen LogP) is 7.74. The Morgan fingerprint density at radius 2 is 1.11 bits per heavy atom. The molecule has 0 aliphatic heterocycles. The van der Waals surface area contributed by atoms with Crippen molar-refractivity contribution >= 4 is 104 Å². The van der Waals surface area contributed by atoms with Crippen LogP contribution in [0.15, 0.2) is 97.1 Å². The fourth-order valence-electron chi connectivity index (χ4n) is 2.56. The Morgan fingerprint density at radius 3 is 1.50 bits per heavy atom. The lowest BCUT2D eigenvalue weighted by atomic mass is 10.2. The summed E-state index contributed by atoms with van der Waals surface area (Å²) in [5.41, 5.74) is 10.6. The summed E-state index contributed by atoms with van der Waals surface area (Å²) in [6, 6.07) is 28.5. The summed E-state index contributed by atoms with van der Waals surface area (Å²) in [6.07, 6.45) is 0. The van der Waals surface area contributed by atoms with Crippen LogP contribution in [0.25, 0.3) is 0 Å². The van der Waals surface area contributed by atoms with E-state index in [1.54, 1.807) is 60.7 Å². The third-order valence-corrected chi connectivity index (χ3v) is 6.78. The maximum Gasteiger partial charge on any atom is 0.336 e. The summed E-state index contributed by atoms with van der Waals surface area (Å²) in [6.45, 7) is 0. The van der Waals surface area contributed by atoms with Crippen molar-refractivity contribution in [2.24, 2.45) is 5.84 Å². The first-order valence-corrected chi connectivity index (χ1v) is 13.4. The molecule has 4 aromatic carbocycles. The Labute approximate surface area is 264 Å². The van der Waals surface area contributed by atoms with Gasteiger partial charge in [-0.05, 0) is 118 Å². The molecule has 0 radical (unpaired) electrons. The Bertz CT molecular complexity index is 1310. The highest BCUT2D eigenvalue weighted by Gasteiger charge is 2.08. The molecule has 0 saturated carbocycles. The molecular formula is C26H23Cl3I2N4O3. The molecule has 7 nitrogen and oxygen atoms in total. The van der Waals surface area contributed by atoms with Crippen LogP contribution in [0.1, 0.15) is 20.7 Å². The van der Waals surface area contributed by atoms with Crippen LogP contribution < -0.4 is 22.1 Å². The number of hydrazine groups is 2. The highest BCUT2D eigenvalue weighted by molar-refractivity contribution is 14.1. The van der Waals surface area contributed by atoms with Gasteiger partial charge in [-0.15, -0.1) is 12.4 Å². The normalized spacial score (nSPS) is 9.29. The van der Waals surface area contributed by atoms with Gasteiger partial charge >= 0.3 is 5.97 Å². The van der Waals surface area contributed by atoms with Gasteiger partial charge in [0.2, 0.25) is 0 Å². The number of anilines is 2. The van der Waals surface area contributed by atoms with E-state index in [1.165, 1.54) is 0 Å². The standard InChI is InChI=1S/C13H10ClIN2O.C7H5IO2.C6H7ClN2.ClH/c14-9-5-7-10(8-6-9)16-17-13(18)11-3-1-2-4-12(11)15;8-6-4-2-1-3-5(6)7(9)10;7-5-1-3-6(9-8)4-2-5;/h1-8,16H,(H,17,18);1-4H,(H,9,10);1-4,9H,8H2;1H. The average molecular weight is 800 g/mol. The fraction of sp³-hybridized carbons (Fsp3) is 0. The van der Waals surface area contributed by atoms with Crippen LogP contribution in [0, 0.1) is 7.14 Å². The van der Waals surface area contributed by atoms with E-state index in [2.05, 4.69) is 38.9 Å². The summed E-state index contributed by atoms with van der Waals surface area (Å²) in [5, 5.41) is 9.93. The number of hydrogen-bond acceptors (Lipinski definition) is 5. The number of rotatable bonds is 5. The van der Waals surface area contributed by atoms with E-state index >= 15 is 0 Å². The van der Waals surface area contributed by atoms with Crippen LogP contribution in [0.5, 0.6) is 0 Å². The van der Waals surface area contributed by atoms with Gasteiger partial charge in [-0.2, -0.15) is 0 Å². The van der Waals surface area contributed by atoms with Gasteiger partial charge in [0.25, 0.3) is 5.91 Å². The van der Waals surface area contributed by atoms with Gasteiger partial charge in [-0.25, -0.2) is 4.79 Å². The third kappa shape index (κ3) is 12.0. The molecule has 38 heavy (non-hydrogen) atoms. The maximum atomic E-state index is 11.9. The molecule has 4 rings (SSSR count). The van der Waals surface area contributed by atoms with Crippen LogP contribution in [-0.4, -0.2) is 17.0 Å². The highest BCUT2D eigenvalue weighted by atomic mass is 127. The number of benzene rings is 4. The third-order valence-electron chi connectivity index (χ3n) is 4.40. The summed E-state index contributed by atoms with van der Waals surface area (Å²) in [5.74, 6) is 4.07. The minimum Gasteiger partial charge on any atom is -0.478 e.